The van der Waals surface area contributed by atoms with Gasteiger partial charge in [0.25, 0.3) is 0 Å². The van der Waals surface area contributed by atoms with Crippen LogP contribution in [-0.4, -0.2) is 70.5 Å². The second-order valence-corrected chi connectivity index (χ2v) is 8.92. The highest BCUT2D eigenvalue weighted by atomic mass is 16.5. The molecule has 0 bridgehead atoms. The molecule has 2 aromatic carbocycles. The van der Waals surface area contributed by atoms with Gasteiger partial charge in [0.2, 0.25) is 0 Å². The first kappa shape index (κ1) is 20.8. The lowest BCUT2D eigenvalue weighted by Crippen LogP contribution is -2.71. The molecule has 2 aliphatic rings. The number of aromatic nitrogens is 1. The third-order valence-electron chi connectivity index (χ3n) is 6.35. The van der Waals surface area contributed by atoms with E-state index in [1.807, 2.05) is 30.5 Å². The lowest BCUT2D eigenvalue weighted by molar-refractivity contribution is -0.00237. The molecule has 0 aliphatic carbocycles. The molecule has 2 saturated heterocycles. The lowest BCUT2D eigenvalue weighted by Gasteiger charge is -2.60. The largest absolute Gasteiger partial charge is 0.494 e. The van der Waals surface area contributed by atoms with Crippen molar-refractivity contribution >= 4 is 28.0 Å². The summed E-state index contributed by atoms with van der Waals surface area (Å²) in [6, 6.07) is 14.3. The van der Waals surface area contributed by atoms with Crippen LogP contribution < -0.4 is 19.7 Å². The highest BCUT2D eigenvalue weighted by Crippen LogP contribution is 2.42. The highest BCUT2D eigenvalue weighted by Gasteiger charge is 2.50. The van der Waals surface area contributed by atoms with E-state index < -0.39 is 0 Å². The third-order valence-corrected chi connectivity index (χ3v) is 6.35. The van der Waals surface area contributed by atoms with Gasteiger partial charge in [-0.05, 0) is 43.4 Å². The molecule has 3 aromatic rings. The van der Waals surface area contributed by atoms with Crippen LogP contribution in [0.4, 0.5) is 17.1 Å². The van der Waals surface area contributed by atoms with E-state index in [4.69, 9.17) is 14.2 Å². The highest BCUT2D eigenvalue weighted by molar-refractivity contribution is 5.95. The maximum Gasteiger partial charge on any atom is 0.145 e. The van der Waals surface area contributed by atoms with E-state index in [0.29, 0.717) is 18.6 Å². The lowest BCUT2D eigenvalue weighted by atomic mass is 9.73. The van der Waals surface area contributed by atoms with Gasteiger partial charge in [-0.1, -0.05) is 0 Å². The number of methoxy groups -OCH3 is 2. The molecule has 0 saturated carbocycles. The average molecular weight is 435 g/mol. The predicted octanol–water partition coefficient (Wildman–Crippen LogP) is 3.76. The Balaban J connectivity index is 1.33. The van der Waals surface area contributed by atoms with Crippen LogP contribution in [0.1, 0.15) is 0 Å². The first-order valence-corrected chi connectivity index (χ1v) is 11.0. The molecule has 7 heteroatoms. The van der Waals surface area contributed by atoms with E-state index in [9.17, 15) is 0 Å². The van der Waals surface area contributed by atoms with Crippen molar-refractivity contribution in [2.24, 2.45) is 5.41 Å². The van der Waals surface area contributed by atoms with E-state index in [1.165, 1.54) is 18.8 Å². The van der Waals surface area contributed by atoms with Crippen LogP contribution >= 0.6 is 0 Å². The van der Waals surface area contributed by atoms with E-state index >= 15 is 0 Å². The Bertz CT molecular complexity index is 1110. The molecule has 5 rings (SSSR count). The topological polar surface area (TPSA) is 59.1 Å². The Morgan fingerprint density at radius 1 is 0.969 bits per heavy atom. The van der Waals surface area contributed by atoms with E-state index in [0.717, 1.165) is 46.9 Å². The second-order valence-electron chi connectivity index (χ2n) is 8.92. The first-order chi connectivity index (χ1) is 15.6. The summed E-state index contributed by atoms with van der Waals surface area (Å²) in [4.78, 5) is 9.48. The minimum atomic E-state index is 0.499. The van der Waals surface area contributed by atoms with Gasteiger partial charge >= 0.3 is 0 Å². The van der Waals surface area contributed by atoms with Crippen molar-refractivity contribution in [2.75, 3.05) is 70.9 Å². The zero-order valence-electron chi connectivity index (χ0n) is 18.9. The minimum absolute atomic E-state index is 0.499. The molecular weight excluding hydrogens is 404 g/mol. The van der Waals surface area contributed by atoms with Gasteiger partial charge < -0.3 is 29.3 Å². The second kappa shape index (κ2) is 8.48. The fraction of sp³-hybridized carbons (Fsp3) is 0.400. The minimum Gasteiger partial charge on any atom is -0.494 e. The number of nitrogens with one attached hydrogen (secondary N) is 1. The number of nitrogens with zero attached hydrogens (tertiary/aromatic N) is 3. The van der Waals surface area contributed by atoms with Crippen LogP contribution in [0.5, 0.6) is 11.5 Å². The number of rotatable bonds is 8. The summed E-state index contributed by atoms with van der Waals surface area (Å²) in [7, 11) is 5.52. The van der Waals surface area contributed by atoms with E-state index in [-0.39, 0.29) is 0 Å². The van der Waals surface area contributed by atoms with Crippen LogP contribution in [-0.2, 0) is 4.74 Å². The van der Waals surface area contributed by atoms with Gasteiger partial charge in [0.1, 0.15) is 18.1 Å². The first-order valence-electron chi connectivity index (χ1n) is 11.0. The maximum atomic E-state index is 5.70. The van der Waals surface area contributed by atoms with Gasteiger partial charge in [-0.2, -0.15) is 0 Å². The standard InChI is InChI=1S/C25H30N4O3/c1-28-14-25(15-28)16-29(17-25)18-4-6-20-21(8-9-26-23(20)12-18)27-22-7-5-19(13-24(22)31-3)32-11-10-30-2/h4-9,12-13H,10-11,14-17H2,1-3H3,(H,26,27). The molecule has 0 atom stereocenters. The summed E-state index contributed by atoms with van der Waals surface area (Å²) < 4.78 is 16.3. The van der Waals surface area contributed by atoms with Gasteiger partial charge in [0.15, 0.2) is 0 Å². The monoisotopic (exact) mass is 434 g/mol. The summed E-state index contributed by atoms with van der Waals surface area (Å²) in [5, 5.41) is 4.59. The molecule has 1 aromatic heterocycles. The van der Waals surface area contributed by atoms with Gasteiger partial charge in [0.05, 0.1) is 24.9 Å². The van der Waals surface area contributed by atoms with Crippen molar-refractivity contribution in [2.45, 2.75) is 0 Å². The quantitative estimate of drug-likeness (QED) is 0.542. The fourth-order valence-electron chi connectivity index (χ4n) is 4.94. The SMILES string of the molecule is COCCOc1ccc(Nc2ccnc3cc(N4CC5(CN(C)C5)C4)ccc23)c(OC)c1. The Morgan fingerprint density at radius 2 is 1.81 bits per heavy atom. The van der Waals surface area contributed by atoms with Crippen molar-refractivity contribution in [3.8, 4) is 11.5 Å². The van der Waals surface area contributed by atoms with Crippen molar-refractivity contribution in [3.05, 3.63) is 48.7 Å². The number of anilines is 3. The number of fused-ring (bicyclic) bond motifs is 1. The Labute approximate surface area is 188 Å². The Morgan fingerprint density at radius 3 is 2.56 bits per heavy atom. The molecule has 2 aliphatic heterocycles. The molecule has 0 amide bonds. The van der Waals surface area contributed by atoms with Crippen molar-refractivity contribution in [1.29, 1.82) is 0 Å². The van der Waals surface area contributed by atoms with Gasteiger partial charge in [-0.3, -0.25) is 4.98 Å². The predicted molar refractivity (Wildman–Crippen MR) is 128 cm³/mol. The number of benzene rings is 2. The van der Waals surface area contributed by atoms with E-state index in [1.54, 1.807) is 14.2 Å². The molecule has 3 heterocycles. The van der Waals surface area contributed by atoms with Crippen molar-refractivity contribution in [3.63, 3.8) is 0 Å². The molecule has 1 N–H and O–H groups in total. The van der Waals surface area contributed by atoms with Crippen LogP contribution in [0.3, 0.4) is 0 Å². The van der Waals surface area contributed by atoms with Crippen LogP contribution in [0, 0.1) is 5.41 Å². The van der Waals surface area contributed by atoms with Crippen LogP contribution in [0.25, 0.3) is 10.9 Å². The number of hydrogen-bond acceptors (Lipinski definition) is 7. The molecule has 1 spiro atoms. The van der Waals surface area contributed by atoms with Gasteiger partial charge in [-0.25, -0.2) is 0 Å². The Hall–Kier alpha value is -3.03. The normalized spacial score (nSPS) is 17.2. The average Bonchev–Trinajstić information content (AvgIpc) is 2.76. The molecule has 2 fully saturated rings. The summed E-state index contributed by atoms with van der Waals surface area (Å²) in [5.74, 6) is 1.47. The molecule has 32 heavy (non-hydrogen) atoms. The zero-order valence-corrected chi connectivity index (χ0v) is 18.9. The number of likely N-dealkylation sites (tertiary alicyclic amines) is 1. The van der Waals surface area contributed by atoms with Crippen molar-refractivity contribution in [1.82, 2.24) is 9.88 Å². The molecule has 0 unspecified atom stereocenters. The summed E-state index contributed by atoms with van der Waals surface area (Å²) >= 11 is 0. The van der Waals surface area contributed by atoms with Crippen LogP contribution in [0.2, 0.25) is 0 Å². The fourth-order valence-corrected chi connectivity index (χ4v) is 4.94. The van der Waals surface area contributed by atoms with Crippen molar-refractivity contribution < 1.29 is 14.2 Å². The summed E-state index contributed by atoms with van der Waals surface area (Å²) in [6.45, 7) is 5.73. The summed E-state index contributed by atoms with van der Waals surface area (Å²) in [5.41, 5.74) is 4.61. The number of ether oxygens (including phenoxy) is 3. The molecule has 168 valence electrons. The maximum absolute atomic E-state index is 5.70. The van der Waals surface area contributed by atoms with Crippen LogP contribution in [0.15, 0.2) is 48.7 Å². The third kappa shape index (κ3) is 3.94. The Kier molecular flexibility index (Phi) is 5.53. The number of hydrogen-bond donors (Lipinski definition) is 1. The molecule has 0 radical (unpaired) electrons. The van der Waals surface area contributed by atoms with Gasteiger partial charge in [0, 0.05) is 67.7 Å². The summed E-state index contributed by atoms with van der Waals surface area (Å²) in [6.07, 6.45) is 1.85. The van der Waals surface area contributed by atoms with Gasteiger partial charge in [-0.15, -0.1) is 0 Å². The smallest absolute Gasteiger partial charge is 0.145 e. The molecular formula is C25H30N4O3. The van der Waals surface area contributed by atoms with E-state index in [2.05, 4.69) is 45.3 Å². The number of pyridine rings is 1. The zero-order chi connectivity index (χ0) is 22.1. The molecule has 7 nitrogen and oxygen atoms in total.